The van der Waals surface area contributed by atoms with Crippen molar-refractivity contribution in [3.05, 3.63) is 42.0 Å². The molecule has 0 radical (unpaired) electrons. The van der Waals surface area contributed by atoms with E-state index in [1.165, 1.54) is 0 Å². The molecule has 4 rings (SSSR count). The van der Waals surface area contributed by atoms with E-state index in [-0.39, 0.29) is 6.04 Å². The van der Waals surface area contributed by atoms with E-state index in [2.05, 4.69) is 29.1 Å². The maximum absolute atomic E-state index is 5.92. The SMILES string of the molecule is Cc1cccc2nc(-c3ccc4c(c3)nnn4C(C)C)oc12. The molecule has 0 amide bonds. The Kier molecular flexibility index (Phi) is 2.76. The standard InChI is InChI=1S/C17H16N4O/c1-10(2)21-15-8-7-12(9-14(15)19-20-21)17-18-13-6-4-5-11(3)16(13)22-17/h4-10H,1-3H3. The minimum Gasteiger partial charge on any atom is -0.436 e. The van der Waals surface area contributed by atoms with Crippen LogP contribution in [0.5, 0.6) is 0 Å². The minimum absolute atomic E-state index is 0.280. The van der Waals surface area contributed by atoms with Gasteiger partial charge in [0.05, 0.1) is 5.52 Å². The number of aryl methyl sites for hydroxylation is 1. The molecule has 2 heterocycles. The number of aromatic nitrogens is 4. The number of para-hydroxylation sites is 1. The van der Waals surface area contributed by atoms with Crippen molar-refractivity contribution >= 4 is 22.1 Å². The third-order valence-corrected chi connectivity index (χ3v) is 3.82. The van der Waals surface area contributed by atoms with Gasteiger partial charge in [-0.2, -0.15) is 0 Å². The fraction of sp³-hybridized carbons (Fsp3) is 0.235. The average molecular weight is 292 g/mol. The van der Waals surface area contributed by atoms with Gasteiger partial charge >= 0.3 is 0 Å². The van der Waals surface area contributed by atoms with E-state index < -0.39 is 0 Å². The van der Waals surface area contributed by atoms with Crippen molar-refractivity contribution in [2.75, 3.05) is 0 Å². The molecule has 0 N–H and O–H groups in total. The molecule has 110 valence electrons. The van der Waals surface area contributed by atoms with Gasteiger partial charge in [-0.05, 0) is 50.6 Å². The van der Waals surface area contributed by atoms with Crippen LogP contribution in [-0.4, -0.2) is 20.0 Å². The highest BCUT2D eigenvalue weighted by Gasteiger charge is 2.13. The third-order valence-electron chi connectivity index (χ3n) is 3.82. The van der Waals surface area contributed by atoms with Gasteiger partial charge in [-0.1, -0.05) is 17.3 Å². The molecule has 4 aromatic rings. The zero-order valence-corrected chi connectivity index (χ0v) is 12.7. The van der Waals surface area contributed by atoms with Crippen molar-refractivity contribution in [1.29, 1.82) is 0 Å². The lowest BCUT2D eigenvalue weighted by molar-refractivity contribution is 0.530. The fourth-order valence-electron chi connectivity index (χ4n) is 2.67. The minimum atomic E-state index is 0.280. The van der Waals surface area contributed by atoms with Gasteiger partial charge in [0.15, 0.2) is 5.58 Å². The van der Waals surface area contributed by atoms with Crippen molar-refractivity contribution in [2.45, 2.75) is 26.8 Å². The first-order valence-electron chi connectivity index (χ1n) is 7.35. The molecular formula is C17H16N4O. The number of oxazole rings is 1. The quantitative estimate of drug-likeness (QED) is 0.557. The predicted octanol–water partition coefficient (Wildman–Crippen LogP) is 4.13. The molecule has 0 aliphatic rings. The smallest absolute Gasteiger partial charge is 0.227 e. The molecule has 0 saturated carbocycles. The first kappa shape index (κ1) is 13.0. The maximum atomic E-state index is 5.92. The summed E-state index contributed by atoms with van der Waals surface area (Å²) in [6.45, 7) is 6.20. The van der Waals surface area contributed by atoms with Gasteiger partial charge in [0.1, 0.15) is 11.0 Å². The van der Waals surface area contributed by atoms with Crippen molar-refractivity contribution in [2.24, 2.45) is 0 Å². The summed E-state index contributed by atoms with van der Waals surface area (Å²) in [6.07, 6.45) is 0. The van der Waals surface area contributed by atoms with E-state index in [1.807, 2.05) is 48.0 Å². The van der Waals surface area contributed by atoms with Gasteiger partial charge < -0.3 is 4.42 Å². The van der Waals surface area contributed by atoms with Gasteiger partial charge in [0, 0.05) is 11.6 Å². The van der Waals surface area contributed by atoms with E-state index in [0.717, 1.165) is 33.3 Å². The van der Waals surface area contributed by atoms with Crippen LogP contribution in [0.25, 0.3) is 33.6 Å². The Bertz CT molecular complexity index is 981. The van der Waals surface area contributed by atoms with Gasteiger partial charge in [-0.15, -0.1) is 5.10 Å². The molecule has 0 aliphatic carbocycles. The van der Waals surface area contributed by atoms with E-state index in [9.17, 15) is 0 Å². The summed E-state index contributed by atoms with van der Waals surface area (Å²) in [7, 11) is 0. The Labute approximate surface area is 127 Å². The molecule has 0 fully saturated rings. The second kappa shape index (κ2) is 4.66. The van der Waals surface area contributed by atoms with E-state index >= 15 is 0 Å². The summed E-state index contributed by atoms with van der Waals surface area (Å²) >= 11 is 0. The van der Waals surface area contributed by atoms with Gasteiger partial charge in [0.2, 0.25) is 5.89 Å². The Morgan fingerprint density at radius 3 is 2.73 bits per heavy atom. The zero-order valence-electron chi connectivity index (χ0n) is 12.7. The number of hydrogen-bond donors (Lipinski definition) is 0. The molecule has 0 spiro atoms. The van der Waals surface area contributed by atoms with Crippen LogP contribution < -0.4 is 0 Å². The molecule has 5 heteroatoms. The summed E-state index contributed by atoms with van der Waals surface area (Å²) in [4.78, 5) is 4.57. The summed E-state index contributed by atoms with van der Waals surface area (Å²) in [5, 5.41) is 8.44. The Morgan fingerprint density at radius 2 is 1.95 bits per heavy atom. The highest BCUT2D eigenvalue weighted by Crippen LogP contribution is 2.28. The lowest BCUT2D eigenvalue weighted by Crippen LogP contribution is -2.02. The molecule has 2 aromatic heterocycles. The molecule has 0 bridgehead atoms. The van der Waals surface area contributed by atoms with E-state index in [4.69, 9.17) is 4.42 Å². The zero-order chi connectivity index (χ0) is 15.3. The average Bonchev–Trinajstić information content (AvgIpc) is 3.11. The summed E-state index contributed by atoms with van der Waals surface area (Å²) in [5.74, 6) is 0.616. The second-order valence-corrected chi connectivity index (χ2v) is 5.77. The summed E-state index contributed by atoms with van der Waals surface area (Å²) in [6, 6.07) is 12.2. The number of benzene rings is 2. The van der Waals surface area contributed by atoms with Crippen LogP contribution in [0.2, 0.25) is 0 Å². The van der Waals surface area contributed by atoms with Crippen LogP contribution >= 0.6 is 0 Å². The summed E-state index contributed by atoms with van der Waals surface area (Å²) < 4.78 is 7.83. The van der Waals surface area contributed by atoms with Crippen LogP contribution in [0.4, 0.5) is 0 Å². The van der Waals surface area contributed by atoms with Crippen molar-refractivity contribution in [3.63, 3.8) is 0 Å². The van der Waals surface area contributed by atoms with E-state index in [1.54, 1.807) is 0 Å². The molecule has 0 unspecified atom stereocenters. The van der Waals surface area contributed by atoms with Crippen LogP contribution in [0.3, 0.4) is 0 Å². The molecule has 22 heavy (non-hydrogen) atoms. The molecular weight excluding hydrogens is 276 g/mol. The lowest BCUT2D eigenvalue weighted by Gasteiger charge is -2.04. The Hall–Kier alpha value is -2.69. The number of nitrogens with zero attached hydrogens (tertiary/aromatic N) is 4. The third kappa shape index (κ3) is 1.89. The highest BCUT2D eigenvalue weighted by atomic mass is 16.3. The van der Waals surface area contributed by atoms with Crippen molar-refractivity contribution in [1.82, 2.24) is 20.0 Å². The second-order valence-electron chi connectivity index (χ2n) is 5.77. The van der Waals surface area contributed by atoms with E-state index in [0.29, 0.717) is 5.89 Å². The molecule has 2 aromatic carbocycles. The first-order valence-corrected chi connectivity index (χ1v) is 7.35. The van der Waals surface area contributed by atoms with Gasteiger partial charge in [0.25, 0.3) is 0 Å². The van der Waals surface area contributed by atoms with Crippen LogP contribution in [0, 0.1) is 6.92 Å². The van der Waals surface area contributed by atoms with Crippen molar-refractivity contribution < 1.29 is 4.42 Å². The normalized spacial score (nSPS) is 11.8. The summed E-state index contributed by atoms with van der Waals surface area (Å²) in [5.41, 5.74) is 5.59. The predicted molar refractivity (Wildman–Crippen MR) is 85.7 cm³/mol. The molecule has 0 aliphatic heterocycles. The Balaban J connectivity index is 1.87. The fourth-order valence-corrected chi connectivity index (χ4v) is 2.67. The molecule has 0 saturated heterocycles. The van der Waals surface area contributed by atoms with Crippen LogP contribution in [0.1, 0.15) is 25.5 Å². The lowest BCUT2D eigenvalue weighted by atomic mass is 10.2. The first-order chi connectivity index (χ1) is 10.6. The maximum Gasteiger partial charge on any atom is 0.227 e. The Morgan fingerprint density at radius 1 is 1.09 bits per heavy atom. The topological polar surface area (TPSA) is 56.7 Å². The van der Waals surface area contributed by atoms with Gasteiger partial charge in [-0.3, -0.25) is 0 Å². The largest absolute Gasteiger partial charge is 0.436 e. The van der Waals surface area contributed by atoms with Crippen LogP contribution in [-0.2, 0) is 0 Å². The highest BCUT2D eigenvalue weighted by molar-refractivity contribution is 5.83. The van der Waals surface area contributed by atoms with Crippen molar-refractivity contribution in [3.8, 4) is 11.5 Å². The van der Waals surface area contributed by atoms with Gasteiger partial charge in [-0.25, -0.2) is 9.67 Å². The monoisotopic (exact) mass is 292 g/mol. The number of rotatable bonds is 2. The molecule has 0 atom stereocenters. The number of hydrogen-bond acceptors (Lipinski definition) is 4. The molecule has 5 nitrogen and oxygen atoms in total. The van der Waals surface area contributed by atoms with Crippen LogP contribution in [0.15, 0.2) is 40.8 Å². The number of fused-ring (bicyclic) bond motifs is 2.